The molecule has 1 aromatic heterocycles. The Balaban J connectivity index is 1.91. The third-order valence-electron chi connectivity index (χ3n) is 4.25. The Morgan fingerprint density at radius 2 is 2.05 bits per heavy atom. The summed E-state index contributed by atoms with van der Waals surface area (Å²) in [5.74, 6) is 0.360. The van der Waals surface area contributed by atoms with E-state index in [1.807, 2.05) is 4.57 Å². The zero-order valence-electron chi connectivity index (χ0n) is 11.0. The summed E-state index contributed by atoms with van der Waals surface area (Å²) in [5.41, 5.74) is 0.907. The molecule has 0 atom stereocenters. The first-order valence-electron chi connectivity index (χ1n) is 6.79. The lowest BCUT2D eigenvalue weighted by atomic mass is 9.94. The average molecular weight is 303 g/mol. The second-order valence-corrected chi connectivity index (χ2v) is 7.81. The third kappa shape index (κ3) is 2.32. The van der Waals surface area contributed by atoms with Crippen LogP contribution in [-0.2, 0) is 15.9 Å². The van der Waals surface area contributed by atoms with Crippen molar-refractivity contribution in [2.75, 3.05) is 7.05 Å². The lowest BCUT2D eigenvalue weighted by Gasteiger charge is -2.33. The summed E-state index contributed by atoms with van der Waals surface area (Å²) >= 11 is 5.92. The maximum atomic E-state index is 12.6. The van der Waals surface area contributed by atoms with Gasteiger partial charge in [0.05, 0.1) is 5.88 Å². The minimum Gasteiger partial charge on any atom is -0.346 e. The van der Waals surface area contributed by atoms with Crippen molar-refractivity contribution >= 4 is 21.6 Å². The second-order valence-electron chi connectivity index (χ2n) is 5.55. The molecule has 0 aromatic carbocycles. The molecule has 2 fully saturated rings. The Morgan fingerprint density at radius 1 is 1.37 bits per heavy atom. The highest BCUT2D eigenvalue weighted by molar-refractivity contribution is 7.89. The summed E-state index contributed by atoms with van der Waals surface area (Å²) in [4.78, 5) is 0.393. The molecule has 0 aliphatic heterocycles. The molecule has 1 heterocycles. The monoisotopic (exact) mass is 302 g/mol. The van der Waals surface area contributed by atoms with E-state index >= 15 is 0 Å². The molecule has 0 unspecified atom stereocenters. The molecular weight excluding hydrogens is 284 g/mol. The highest BCUT2D eigenvalue weighted by Gasteiger charge is 2.34. The van der Waals surface area contributed by atoms with Crippen LogP contribution in [0.1, 0.15) is 43.8 Å². The van der Waals surface area contributed by atoms with Crippen molar-refractivity contribution < 1.29 is 8.42 Å². The fraction of sp³-hybridized carbons (Fsp3) is 0.692. The largest absolute Gasteiger partial charge is 0.346 e. The number of halogens is 1. The molecular formula is C13H19ClN2O2S. The number of nitrogens with zero attached hydrogens (tertiary/aromatic N) is 2. The van der Waals surface area contributed by atoms with Crippen LogP contribution in [0, 0.1) is 0 Å². The summed E-state index contributed by atoms with van der Waals surface area (Å²) in [6.07, 6.45) is 7.08. The first kappa shape index (κ1) is 13.5. The van der Waals surface area contributed by atoms with Crippen molar-refractivity contribution in [3.8, 4) is 0 Å². The molecule has 0 radical (unpaired) electrons. The quantitative estimate of drug-likeness (QED) is 0.785. The Morgan fingerprint density at radius 3 is 2.53 bits per heavy atom. The van der Waals surface area contributed by atoms with Gasteiger partial charge in [-0.3, -0.25) is 0 Å². The van der Waals surface area contributed by atoms with Crippen LogP contribution in [0.15, 0.2) is 17.2 Å². The van der Waals surface area contributed by atoms with E-state index in [9.17, 15) is 8.42 Å². The van der Waals surface area contributed by atoms with Gasteiger partial charge in [0.15, 0.2) is 0 Å². The van der Waals surface area contributed by atoms with Crippen molar-refractivity contribution in [2.24, 2.45) is 0 Å². The Hall–Kier alpha value is -0.520. The van der Waals surface area contributed by atoms with Crippen LogP contribution < -0.4 is 0 Å². The molecule has 0 N–H and O–H groups in total. The maximum absolute atomic E-state index is 12.6. The topological polar surface area (TPSA) is 42.3 Å². The van der Waals surface area contributed by atoms with E-state index in [1.165, 1.54) is 4.31 Å². The van der Waals surface area contributed by atoms with E-state index < -0.39 is 10.0 Å². The highest BCUT2D eigenvalue weighted by atomic mass is 35.5. The Labute approximate surface area is 119 Å². The molecule has 4 nitrogen and oxygen atoms in total. The van der Waals surface area contributed by atoms with E-state index in [0.29, 0.717) is 16.8 Å². The van der Waals surface area contributed by atoms with Gasteiger partial charge in [0.2, 0.25) is 10.0 Å². The van der Waals surface area contributed by atoms with E-state index in [0.717, 1.165) is 37.8 Å². The van der Waals surface area contributed by atoms with Crippen LogP contribution >= 0.6 is 11.6 Å². The molecule has 0 bridgehead atoms. The van der Waals surface area contributed by atoms with Crippen molar-refractivity contribution in [3.63, 3.8) is 0 Å². The molecule has 0 amide bonds. The smallest absolute Gasteiger partial charge is 0.244 e. The van der Waals surface area contributed by atoms with Gasteiger partial charge < -0.3 is 4.57 Å². The van der Waals surface area contributed by atoms with E-state index in [4.69, 9.17) is 11.6 Å². The fourth-order valence-electron chi connectivity index (χ4n) is 2.55. The maximum Gasteiger partial charge on any atom is 0.244 e. The summed E-state index contributed by atoms with van der Waals surface area (Å²) in [6.45, 7) is 0. The molecule has 0 saturated heterocycles. The Kier molecular flexibility index (Phi) is 3.39. The van der Waals surface area contributed by atoms with Gasteiger partial charge in [0.25, 0.3) is 0 Å². The lowest BCUT2D eigenvalue weighted by molar-refractivity contribution is 0.249. The zero-order valence-corrected chi connectivity index (χ0v) is 12.6. The highest BCUT2D eigenvalue weighted by Crippen LogP contribution is 2.38. The van der Waals surface area contributed by atoms with Gasteiger partial charge in [-0.25, -0.2) is 8.42 Å². The molecule has 106 valence electrons. The van der Waals surface area contributed by atoms with Crippen molar-refractivity contribution in [2.45, 2.75) is 55.0 Å². The predicted molar refractivity (Wildman–Crippen MR) is 74.8 cm³/mol. The fourth-order valence-corrected chi connectivity index (χ4v) is 4.23. The van der Waals surface area contributed by atoms with Crippen LogP contribution in [-0.4, -0.2) is 30.4 Å². The first-order valence-corrected chi connectivity index (χ1v) is 8.76. The normalized spacial score (nSPS) is 20.8. The summed E-state index contributed by atoms with van der Waals surface area (Å²) in [5, 5.41) is 0. The number of aromatic nitrogens is 1. The summed E-state index contributed by atoms with van der Waals surface area (Å²) < 4.78 is 28.7. The van der Waals surface area contributed by atoms with E-state index in [-0.39, 0.29) is 6.04 Å². The third-order valence-corrected chi connectivity index (χ3v) is 6.40. The van der Waals surface area contributed by atoms with Gasteiger partial charge in [-0.05, 0) is 31.7 Å². The first-order chi connectivity index (χ1) is 9.04. The van der Waals surface area contributed by atoms with Crippen LogP contribution in [0.25, 0.3) is 0 Å². The molecule has 2 saturated carbocycles. The van der Waals surface area contributed by atoms with Crippen molar-refractivity contribution in [3.05, 3.63) is 18.0 Å². The van der Waals surface area contributed by atoms with Crippen molar-refractivity contribution in [1.29, 1.82) is 0 Å². The molecule has 2 aliphatic rings. The van der Waals surface area contributed by atoms with Crippen molar-refractivity contribution in [1.82, 2.24) is 8.87 Å². The van der Waals surface area contributed by atoms with Gasteiger partial charge in [-0.15, -0.1) is 11.6 Å². The summed E-state index contributed by atoms with van der Waals surface area (Å²) in [6, 6.07) is 2.36. The number of hydrogen-bond donors (Lipinski definition) is 0. The minimum absolute atomic E-state index is 0.175. The van der Waals surface area contributed by atoms with E-state index in [1.54, 1.807) is 19.3 Å². The molecule has 2 aliphatic carbocycles. The van der Waals surface area contributed by atoms with Crippen LogP contribution in [0.5, 0.6) is 0 Å². The lowest BCUT2D eigenvalue weighted by Crippen LogP contribution is -2.41. The second kappa shape index (κ2) is 4.79. The zero-order chi connectivity index (χ0) is 13.6. The standard InChI is InChI=1S/C13H19ClN2O2S/c1-15(10-3-2-4-10)19(17,18)13-7-12(8-14)16(9-13)11-5-6-11/h7,9-11H,2-6,8H2,1H3. The number of sulfonamides is 1. The van der Waals surface area contributed by atoms with Gasteiger partial charge >= 0.3 is 0 Å². The molecule has 0 spiro atoms. The minimum atomic E-state index is -3.36. The molecule has 3 rings (SSSR count). The van der Waals surface area contributed by atoms with Crippen LogP contribution in [0.3, 0.4) is 0 Å². The molecule has 1 aromatic rings. The van der Waals surface area contributed by atoms with E-state index in [2.05, 4.69) is 0 Å². The van der Waals surface area contributed by atoms with Crippen LogP contribution in [0.4, 0.5) is 0 Å². The Bertz CT molecular complexity index is 573. The SMILES string of the molecule is CN(C1CCC1)S(=O)(=O)c1cc(CCl)n(C2CC2)c1. The molecule has 6 heteroatoms. The number of alkyl halides is 1. The summed E-state index contributed by atoms with van der Waals surface area (Å²) in [7, 11) is -1.67. The predicted octanol–water partition coefficient (Wildman–Crippen LogP) is 2.73. The van der Waals surface area contributed by atoms with Gasteiger partial charge in [0.1, 0.15) is 4.90 Å². The van der Waals surface area contributed by atoms with Crippen LogP contribution in [0.2, 0.25) is 0 Å². The van der Waals surface area contributed by atoms with Gasteiger partial charge in [0, 0.05) is 31.0 Å². The molecule has 19 heavy (non-hydrogen) atoms. The van der Waals surface area contributed by atoms with Gasteiger partial charge in [-0.1, -0.05) is 6.42 Å². The average Bonchev–Trinajstić information content (AvgIpc) is 3.05. The number of hydrogen-bond acceptors (Lipinski definition) is 2. The van der Waals surface area contributed by atoms with Gasteiger partial charge in [-0.2, -0.15) is 4.31 Å². The number of rotatable bonds is 5.